The quantitative estimate of drug-likeness (QED) is 0.296. The third-order valence-corrected chi connectivity index (χ3v) is 3.06. The topological polar surface area (TPSA) is 26.3 Å². The molecule has 0 bridgehead atoms. The molecule has 0 saturated carbocycles. The second kappa shape index (κ2) is 10.6. The average molecular weight is 288 g/mol. The van der Waals surface area contributed by atoms with Crippen molar-refractivity contribution in [3.05, 3.63) is 11.6 Å². The summed E-state index contributed by atoms with van der Waals surface area (Å²) in [5, 5.41) is 0. The summed E-state index contributed by atoms with van der Waals surface area (Å²) in [6.45, 7) is 6.92. The Balaban J connectivity index is 3.55. The van der Waals surface area contributed by atoms with Crippen LogP contribution in [0.5, 0.6) is 0 Å². The second-order valence-corrected chi connectivity index (χ2v) is 6.20. The lowest BCUT2D eigenvalue weighted by Gasteiger charge is -2.10. The highest BCUT2D eigenvalue weighted by molar-refractivity contribution is 8.11. The first-order valence-electron chi connectivity index (χ1n) is 6.42. The molecule has 0 N–H and O–H groups in total. The van der Waals surface area contributed by atoms with Crippen molar-refractivity contribution >= 4 is 35.0 Å². The van der Waals surface area contributed by atoms with E-state index >= 15 is 0 Å². The Labute approximate surface area is 122 Å². The number of esters is 1. The van der Waals surface area contributed by atoms with Crippen LogP contribution < -0.4 is 0 Å². The van der Waals surface area contributed by atoms with Gasteiger partial charge in [0.1, 0.15) is 0 Å². The van der Waals surface area contributed by atoms with Crippen molar-refractivity contribution in [2.24, 2.45) is 5.92 Å². The number of carbonyl (C=O) groups excluding carboxylic acids is 1. The highest BCUT2D eigenvalue weighted by Crippen LogP contribution is 2.12. The Morgan fingerprint density at radius 1 is 1.33 bits per heavy atom. The van der Waals surface area contributed by atoms with Gasteiger partial charge in [0.2, 0.25) is 0 Å². The standard InChI is InChI=1S/C14H24O2S2/c1-11(2)5-4-6-12(3)9-10-16-13(15)7-8-14(17)18/h5,12H,4,6-10H2,1-3H3,(H,17,18). The van der Waals surface area contributed by atoms with Crippen LogP contribution >= 0.6 is 24.8 Å². The fourth-order valence-electron chi connectivity index (χ4n) is 1.46. The number of ether oxygens (including phenoxy) is 1. The van der Waals surface area contributed by atoms with Crippen LogP contribution in [0.2, 0.25) is 0 Å². The van der Waals surface area contributed by atoms with E-state index in [2.05, 4.69) is 39.5 Å². The summed E-state index contributed by atoms with van der Waals surface area (Å²) in [6.07, 6.45) is 6.28. The van der Waals surface area contributed by atoms with E-state index < -0.39 is 0 Å². The Bertz CT molecular complexity index is 294. The van der Waals surface area contributed by atoms with Gasteiger partial charge in [0, 0.05) is 4.20 Å². The zero-order valence-electron chi connectivity index (χ0n) is 11.6. The molecular formula is C14H24O2S2. The molecule has 0 fully saturated rings. The molecule has 0 aliphatic rings. The van der Waals surface area contributed by atoms with Crippen LogP contribution in [0.25, 0.3) is 0 Å². The number of hydrogen-bond donors (Lipinski definition) is 1. The molecule has 1 atom stereocenters. The van der Waals surface area contributed by atoms with Crippen molar-refractivity contribution in [1.29, 1.82) is 0 Å². The number of thiol groups is 1. The minimum atomic E-state index is -0.178. The lowest BCUT2D eigenvalue weighted by molar-refractivity contribution is -0.143. The number of allylic oxidation sites excluding steroid dienone is 2. The normalized spacial score (nSPS) is 11.8. The third kappa shape index (κ3) is 12.1. The van der Waals surface area contributed by atoms with Crippen LogP contribution in [0.15, 0.2) is 11.6 Å². The van der Waals surface area contributed by atoms with Gasteiger partial charge in [0.25, 0.3) is 0 Å². The molecule has 0 spiro atoms. The molecule has 0 aromatic heterocycles. The zero-order valence-corrected chi connectivity index (χ0v) is 13.3. The molecular weight excluding hydrogens is 264 g/mol. The van der Waals surface area contributed by atoms with Crippen LogP contribution in [0.3, 0.4) is 0 Å². The minimum absolute atomic E-state index is 0.178. The van der Waals surface area contributed by atoms with Gasteiger partial charge in [-0.2, -0.15) is 0 Å². The molecule has 0 aromatic carbocycles. The van der Waals surface area contributed by atoms with Crippen molar-refractivity contribution in [3.8, 4) is 0 Å². The Morgan fingerprint density at radius 2 is 2.00 bits per heavy atom. The first-order chi connectivity index (χ1) is 8.41. The second-order valence-electron chi connectivity index (χ2n) is 4.87. The smallest absolute Gasteiger partial charge is 0.306 e. The fraction of sp³-hybridized carbons (Fsp3) is 0.714. The van der Waals surface area contributed by atoms with Gasteiger partial charge in [-0.1, -0.05) is 30.8 Å². The van der Waals surface area contributed by atoms with Gasteiger partial charge in [0.15, 0.2) is 0 Å². The molecule has 0 amide bonds. The number of rotatable bonds is 9. The third-order valence-electron chi connectivity index (χ3n) is 2.63. The van der Waals surface area contributed by atoms with Gasteiger partial charge in [0.05, 0.1) is 13.0 Å². The molecule has 18 heavy (non-hydrogen) atoms. The van der Waals surface area contributed by atoms with Crippen LogP contribution in [0.1, 0.15) is 52.9 Å². The van der Waals surface area contributed by atoms with E-state index in [-0.39, 0.29) is 5.97 Å². The summed E-state index contributed by atoms with van der Waals surface area (Å²) >= 11 is 8.76. The zero-order chi connectivity index (χ0) is 14.0. The summed E-state index contributed by atoms with van der Waals surface area (Å²) in [4.78, 5) is 11.3. The number of hydrogen-bond acceptors (Lipinski definition) is 3. The highest BCUT2D eigenvalue weighted by Gasteiger charge is 2.06. The molecule has 2 nitrogen and oxygen atoms in total. The van der Waals surface area contributed by atoms with Gasteiger partial charge in [-0.25, -0.2) is 0 Å². The van der Waals surface area contributed by atoms with E-state index in [9.17, 15) is 4.79 Å². The summed E-state index contributed by atoms with van der Waals surface area (Å²) in [5.41, 5.74) is 1.36. The molecule has 0 radical (unpaired) electrons. The molecule has 4 heteroatoms. The summed E-state index contributed by atoms with van der Waals surface area (Å²) in [6, 6.07) is 0. The molecule has 0 saturated heterocycles. The molecule has 0 aliphatic carbocycles. The molecule has 0 aliphatic heterocycles. The molecule has 1 unspecified atom stereocenters. The van der Waals surface area contributed by atoms with Gasteiger partial charge in [-0.05, 0) is 45.4 Å². The van der Waals surface area contributed by atoms with Crippen molar-refractivity contribution < 1.29 is 9.53 Å². The lowest BCUT2D eigenvalue weighted by Crippen LogP contribution is -2.09. The predicted molar refractivity (Wildman–Crippen MR) is 84.2 cm³/mol. The summed E-state index contributed by atoms with van der Waals surface area (Å²) in [5.74, 6) is 0.405. The monoisotopic (exact) mass is 288 g/mol. The van der Waals surface area contributed by atoms with E-state index in [4.69, 9.17) is 17.0 Å². The van der Waals surface area contributed by atoms with E-state index in [1.807, 2.05) is 0 Å². The SMILES string of the molecule is CC(C)=CCCC(C)CCOC(=O)CCC(=S)S. The maximum absolute atomic E-state index is 11.3. The molecule has 0 rings (SSSR count). The van der Waals surface area contributed by atoms with E-state index in [1.54, 1.807) is 0 Å². The number of carbonyl (C=O) groups is 1. The van der Waals surface area contributed by atoms with Crippen LogP contribution in [0.4, 0.5) is 0 Å². The van der Waals surface area contributed by atoms with Gasteiger partial charge < -0.3 is 4.74 Å². The maximum Gasteiger partial charge on any atom is 0.306 e. The highest BCUT2D eigenvalue weighted by atomic mass is 32.1. The van der Waals surface area contributed by atoms with Crippen molar-refractivity contribution in [2.75, 3.05) is 6.61 Å². The lowest BCUT2D eigenvalue weighted by atomic mass is 10.0. The van der Waals surface area contributed by atoms with Gasteiger partial charge in [-0.15, -0.1) is 12.6 Å². The van der Waals surface area contributed by atoms with Crippen molar-refractivity contribution in [1.82, 2.24) is 0 Å². The molecule has 104 valence electrons. The average Bonchev–Trinajstić information content (AvgIpc) is 2.25. The van der Waals surface area contributed by atoms with Gasteiger partial charge >= 0.3 is 5.97 Å². The van der Waals surface area contributed by atoms with Crippen LogP contribution in [-0.2, 0) is 9.53 Å². The summed E-state index contributed by atoms with van der Waals surface area (Å²) in [7, 11) is 0. The van der Waals surface area contributed by atoms with E-state index in [0.717, 1.165) is 19.3 Å². The maximum atomic E-state index is 11.3. The first kappa shape index (κ1) is 17.6. The van der Waals surface area contributed by atoms with Crippen LogP contribution in [-0.4, -0.2) is 16.8 Å². The number of thiocarbonyl (C=S) groups is 1. The van der Waals surface area contributed by atoms with Crippen molar-refractivity contribution in [2.45, 2.75) is 52.9 Å². The fourth-order valence-corrected chi connectivity index (χ4v) is 1.67. The summed E-state index contributed by atoms with van der Waals surface area (Å²) < 4.78 is 5.70. The van der Waals surface area contributed by atoms with E-state index in [0.29, 0.717) is 29.6 Å². The first-order valence-corrected chi connectivity index (χ1v) is 7.28. The predicted octanol–water partition coefficient (Wildman–Crippen LogP) is 4.34. The Hall–Kier alpha value is -0.350. The van der Waals surface area contributed by atoms with Crippen LogP contribution in [0, 0.1) is 5.92 Å². The molecule has 0 aromatic rings. The van der Waals surface area contributed by atoms with Crippen molar-refractivity contribution in [3.63, 3.8) is 0 Å². The Kier molecular flexibility index (Phi) is 10.4. The molecule has 0 heterocycles. The largest absolute Gasteiger partial charge is 0.466 e. The minimum Gasteiger partial charge on any atom is -0.466 e. The van der Waals surface area contributed by atoms with Gasteiger partial charge in [-0.3, -0.25) is 4.79 Å². The Morgan fingerprint density at radius 3 is 2.56 bits per heavy atom. The van der Waals surface area contributed by atoms with E-state index in [1.165, 1.54) is 5.57 Å².